The van der Waals surface area contributed by atoms with E-state index in [9.17, 15) is 4.79 Å². The van der Waals surface area contributed by atoms with Gasteiger partial charge in [-0.25, -0.2) is 0 Å². The smallest absolute Gasteiger partial charge is 0.265 e. The molecule has 114 valence electrons. The molecule has 0 saturated carbocycles. The molecule has 0 aliphatic carbocycles. The summed E-state index contributed by atoms with van der Waals surface area (Å²) in [5, 5.41) is 0. The molecule has 0 N–H and O–H groups in total. The normalized spacial score (nSPS) is 13.0. The van der Waals surface area contributed by atoms with Crippen LogP contribution in [-0.2, 0) is 4.79 Å². The average Bonchev–Trinajstić information content (AvgIpc) is 2.59. The largest absolute Gasteiger partial charge is 0.493 e. The molecule has 1 aliphatic rings. The van der Waals surface area contributed by atoms with Crippen LogP contribution in [0.1, 0.15) is 0 Å². The first-order chi connectivity index (χ1) is 10.8. The summed E-state index contributed by atoms with van der Waals surface area (Å²) in [6.45, 7) is 0.956. The van der Waals surface area contributed by atoms with Gasteiger partial charge in [0.1, 0.15) is 12.4 Å². The molecule has 1 amide bonds. The minimum atomic E-state index is -0.110. The Hall–Kier alpha value is -2.69. The molecule has 1 heterocycles. The van der Waals surface area contributed by atoms with Crippen molar-refractivity contribution >= 4 is 11.6 Å². The van der Waals surface area contributed by atoms with Crippen molar-refractivity contribution in [3.63, 3.8) is 0 Å². The number of hydrogen-bond acceptors (Lipinski definition) is 4. The maximum atomic E-state index is 12.4. The van der Waals surface area contributed by atoms with Gasteiger partial charge in [0.15, 0.2) is 18.1 Å². The first kappa shape index (κ1) is 14.3. The molecule has 0 radical (unpaired) electrons. The van der Waals surface area contributed by atoms with Crippen LogP contribution in [0.5, 0.6) is 17.2 Å². The van der Waals surface area contributed by atoms with Gasteiger partial charge in [-0.3, -0.25) is 4.79 Å². The number of carbonyl (C=O) groups excluding carboxylic acids is 1. The Kier molecular flexibility index (Phi) is 4.14. The monoisotopic (exact) mass is 299 g/mol. The summed E-state index contributed by atoms with van der Waals surface area (Å²) in [6.07, 6.45) is 0. The fourth-order valence-electron chi connectivity index (χ4n) is 2.38. The van der Waals surface area contributed by atoms with E-state index >= 15 is 0 Å². The molecular weight excluding hydrogens is 282 g/mol. The molecule has 0 saturated heterocycles. The van der Waals surface area contributed by atoms with Gasteiger partial charge in [0, 0.05) is 0 Å². The summed E-state index contributed by atoms with van der Waals surface area (Å²) in [4.78, 5) is 14.1. The molecule has 2 aromatic rings. The molecule has 0 bridgehead atoms. The fraction of sp³-hybridized carbons (Fsp3) is 0.235. The summed E-state index contributed by atoms with van der Waals surface area (Å²) < 4.78 is 16.4. The number of methoxy groups -OCH3 is 1. The van der Waals surface area contributed by atoms with E-state index in [4.69, 9.17) is 14.2 Å². The van der Waals surface area contributed by atoms with E-state index < -0.39 is 0 Å². The minimum absolute atomic E-state index is 0.0469. The molecule has 1 aliphatic heterocycles. The Labute approximate surface area is 129 Å². The highest BCUT2D eigenvalue weighted by molar-refractivity contribution is 5.96. The van der Waals surface area contributed by atoms with E-state index in [0.717, 1.165) is 11.4 Å². The van der Waals surface area contributed by atoms with Gasteiger partial charge < -0.3 is 19.1 Å². The van der Waals surface area contributed by atoms with Gasteiger partial charge in [0.2, 0.25) is 0 Å². The maximum absolute atomic E-state index is 12.4. The highest BCUT2D eigenvalue weighted by Gasteiger charge is 2.23. The topological polar surface area (TPSA) is 48.0 Å². The molecule has 5 heteroatoms. The summed E-state index contributed by atoms with van der Waals surface area (Å²) in [5.74, 6) is 1.78. The van der Waals surface area contributed by atoms with Gasteiger partial charge in [-0.05, 0) is 24.3 Å². The summed E-state index contributed by atoms with van der Waals surface area (Å²) in [7, 11) is 1.57. The second-order valence-corrected chi connectivity index (χ2v) is 4.80. The van der Waals surface area contributed by atoms with Gasteiger partial charge >= 0.3 is 0 Å². The van der Waals surface area contributed by atoms with Crippen molar-refractivity contribution in [2.24, 2.45) is 0 Å². The third-order valence-corrected chi connectivity index (χ3v) is 3.45. The van der Waals surface area contributed by atoms with E-state index in [1.54, 1.807) is 24.1 Å². The zero-order valence-corrected chi connectivity index (χ0v) is 12.3. The lowest BCUT2D eigenvalue weighted by Crippen LogP contribution is -2.40. The molecule has 0 unspecified atom stereocenters. The zero-order chi connectivity index (χ0) is 15.4. The van der Waals surface area contributed by atoms with E-state index in [2.05, 4.69) is 0 Å². The quantitative estimate of drug-likeness (QED) is 0.870. The van der Waals surface area contributed by atoms with Crippen LogP contribution in [0.3, 0.4) is 0 Å². The number of ether oxygens (including phenoxy) is 3. The first-order valence-corrected chi connectivity index (χ1v) is 7.07. The highest BCUT2D eigenvalue weighted by atomic mass is 16.5. The molecule has 3 rings (SSSR count). The Morgan fingerprint density at radius 1 is 1.14 bits per heavy atom. The van der Waals surface area contributed by atoms with Crippen LogP contribution in [0, 0.1) is 0 Å². The number of para-hydroxylation sites is 4. The van der Waals surface area contributed by atoms with Crippen LogP contribution in [0.4, 0.5) is 5.69 Å². The number of hydrogen-bond donors (Lipinski definition) is 0. The Morgan fingerprint density at radius 2 is 1.86 bits per heavy atom. The maximum Gasteiger partial charge on any atom is 0.265 e. The molecule has 0 spiro atoms. The van der Waals surface area contributed by atoms with E-state index in [0.29, 0.717) is 24.7 Å². The molecule has 22 heavy (non-hydrogen) atoms. The lowest BCUT2D eigenvalue weighted by atomic mass is 10.2. The molecular formula is C17H17NO4. The zero-order valence-electron chi connectivity index (χ0n) is 12.3. The van der Waals surface area contributed by atoms with Crippen molar-refractivity contribution in [2.75, 3.05) is 31.8 Å². The van der Waals surface area contributed by atoms with Crippen molar-refractivity contribution in [3.05, 3.63) is 48.5 Å². The molecule has 5 nitrogen and oxygen atoms in total. The predicted octanol–water partition coefficient (Wildman–Crippen LogP) is 2.50. The third-order valence-electron chi connectivity index (χ3n) is 3.45. The van der Waals surface area contributed by atoms with Crippen LogP contribution in [-0.4, -0.2) is 32.8 Å². The second-order valence-electron chi connectivity index (χ2n) is 4.80. The summed E-state index contributed by atoms with van der Waals surface area (Å²) >= 11 is 0. The SMILES string of the molecule is COc1ccccc1OCC(=O)N1CCOc2ccccc21. The van der Waals surface area contributed by atoms with Gasteiger partial charge in [-0.15, -0.1) is 0 Å². The van der Waals surface area contributed by atoms with Crippen molar-refractivity contribution < 1.29 is 19.0 Å². The fourth-order valence-corrected chi connectivity index (χ4v) is 2.38. The number of anilines is 1. The Morgan fingerprint density at radius 3 is 2.68 bits per heavy atom. The van der Waals surface area contributed by atoms with Crippen molar-refractivity contribution in [2.45, 2.75) is 0 Å². The number of benzene rings is 2. The van der Waals surface area contributed by atoms with Crippen molar-refractivity contribution in [1.29, 1.82) is 0 Å². The lowest BCUT2D eigenvalue weighted by molar-refractivity contribution is -0.120. The Balaban J connectivity index is 1.71. The van der Waals surface area contributed by atoms with Gasteiger partial charge in [-0.2, -0.15) is 0 Å². The number of fused-ring (bicyclic) bond motifs is 1. The Bertz CT molecular complexity index is 671. The minimum Gasteiger partial charge on any atom is -0.493 e. The predicted molar refractivity (Wildman–Crippen MR) is 82.8 cm³/mol. The summed E-state index contributed by atoms with van der Waals surface area (Å²) in [6, 6.07) is 14.8. The van der Waals surface area contributed by atoms with Crippen LogP contribution < -0.4 is 19.1 Å². The molecule has 0 atom stereocenters. The van der Waals surface area contributed by atoms with Crippen molar-refractivity contribution in [1.82, 2.24) is 0 Å². The van der Waals surface area contributed by atoms with E-state index in [-0.39, 0.29) is 12.5 Å². The molecule has 2 aromatic carbocycles. The highest BCUT2D eigenvalue weighted by Crippen LogP contribution is 2.31. The van der Waals surface area contributed by atoms with Crippen LogP contribution in [0.25, 0.3) is 0 Å². The van der Waals surface area contributed by atoms with Crippen LogP contribution in [0.2, 0.25) is 0 Å². The van der Waals surface area contributed by atoms with Crippen LogP contribution >= 0.6 is 0 Å². The van der Waals surface area contributed by atoms with Crippen molar-refractivity contribution in [3.8, 4) is 17.2 Å². The first-order valence-electron chi connectivity index (χ1n) is 7.07. The number of nitrogens with zero attached hydrogens (tertiary/aromatic N) is 1. The molecule has 0 aromatic heterocycles. The second kappa shape index (κ2) is 6.39. The summed E-state index contributed by atoms with van der Waals surface area (Å²) in [5.41, 5.74) is 0.780. The lowest BCUT2D eigenvalue weighted by Gasteiger charge is -2.29. The average molecular weight is 299 g/mol. The van der Waals surface area contributed by atoms with Gasteiger partial charge in [0.05, 0.1) is 19.3 Å². The number of carbonyl (C=O) groups is 1. The van der Waals surface area contributed by atoms with E-state index in [1.165, 1.54) is 0 Å². The van der Waals surface area contributed by atoms with Gasteiger partial charge in [0.25, 0.3) is 5.91 Å². The van der Waals surface area contributed by atoms with Gasteiger partial charge in [-0.1, -0.05) is 24.3 Å². The molecule has 0 fully saturated rings. The number of amides is 1. The van der Waals surface area contributed by atoms with Crippen LogP contribution in [0.15, 0.2) is 48.5 Å². The standard InChI is InChI=1S/C17H17NO4/c1-20-15-8-4-5-9-16(15)22-12-17(19)18-10-11-21-14-7-3-2-6-13(14)18/h2-9H,10-12H2,1H3. The van der Waals surface area contributed by atoms with E-state index in [1.807, 2.05) is 36.4 Å². The number of rotatable bonds is 4. The third kappa shape index (κ3) is 2.83.